The molecule has 1 aromatic heterocycles. The fourth-order valence-electron chi connectivity index (χ4n) is 0.365. The van der Waals surface area contributed by atoms with Gasteiger partial charge in [0.05, 0.1) is 12.5 Å². The second-order valence-electron chi connectivity index (χ2n) is 1.19. The van der Waals surface area contributed by atoms with Gasteiger partial charge in [-0.2, -0.15) is 0 Å². The number of furan rings is 1. The van der Waals surface area contributed by atoms with Crippen molar-refractivity contribution < 1.29 is 4.42 Å². The van der Waals surface area contributed by atoms with Gasteiger partial charge in [-0.3, -0.25) is 0 Å². The zero-order valence-electron chi connectivity index (χ0n) is 3.85. The highest BCUT2D eigenvalue weighted by Gasteiger charge is 1.80. The lowest BCUT2D eigenvalue weighted by Crippen LogP contribution is -1.54. The van der Waals surface area contributed by atoms with Crippen molar-refractivity contribution in [2.24, 2.45) is 0 Å². The molecule has 0 saturated heterocycles. The number of hydrogen-bond donors (Lipinski definition) is 0. The molecule has 0 aromatic carbocycles. The van der Waals surface area contributed by atoms with Crippen LogP contribution in [0.15, 0.2) is 29.6 Å². The molecule has 0 unspecified atom stereocenters. The van der Waals surface area contributed by atoms with E-state index >= 15 is 0 Å². The molecule has 1 nitrogen and oxygen atoms in total. The van der Waals surface area contributed by atoms with Gasteiger partial charge in [-0.15, -0.1) is 0 Å². The van der Waals surface area contributed by atoms with E-state index in [-0.39, 0.29) is 0 Å². The van der Waals surface area contributed by atoms with Crippen molar-refractivity contribution in [2.45, 2.75) is 0 Å². The lowest BCUT2D eigenvalue weighted by Gasteiger charge is -1.67. The number of rotatable bonds is 1. The Morgan fingerprint density at radius 1 is 1.71 bits per heavy atom. The molecule has 0 atom stereocenters. The molecule has 0 bridgehead atoms. The van der Waals surface area contributed by atoms with Crippen molar-refractivity contribution in [3.05, 3.63) is 36.8 Å². The zero-order valence-corrected chi connectivity index (χ0v) is 3.85. The fourth-order valence-corrected chi connectivity index (χ4v) is 0.365. The Balaban J connectivity index is 2.96. The van der Waals surface area contributed by atoms with Crippen LogP contribution < -0.4 is 0 Å². The smallest absolute Gasteiger partial charge is 0.0980 e. The van der Waals surface area contributed by atoms with Crippen molar-refractivity contribution in [3.63, 3.8) is 0 Å². The van der Waals surface area contributed by atoms with E-state index in [1.807, 2.05) is 0 Å². The average molecular weight is 93.1 g/mol. The van der Waals surface area contributed by atoms with Gasteiger partial charge in [0, 0.05) is 5.56 Å². The Labute approximate surface area is 42.3 Å². The van der Waals surface area contributed by atoms with Gasteiger partial charge in [0.2, 0.25) is 0 Å². The fraction of sp³-hybridized carbons (Fsp3) is 0. The van der Waals surface area contributed by atoms with Crippen LogP contribution in [0, 0.1) is 6.08 Å². The lowest BCUT2D eigenvalue weighted by atomic mass is 10.3. The first-order valence-corrected chi connectivity index (χ1v) is 1.99. The molecule has 1 heterocycles. The van der Waals surface area contributed by atoms with Crippen molar-refractivity contribution >= 4 is 0 Å². The third-order valence-corrected chi connectivity index (χ3v) is 0.725. The van der Waals surface area contributed by atoms with Crippen LogP contribution in [0.3, 0.4) is 0 Å². The van der Waals surface area contributed by atoms with E-state index in [0.29, 0.717) is 0 Å². The zero-order chi connectivity index (χ0) is 5.11. The Hall–Kier alpha value is -0.980. The highest BCUT2D eigenvalue weighted by Crippen LogP contribution is 1.96. The Bertz CT molecular complexity index is 139. The summed E-state index contributed by atoms with van der Waals surface area (Å²) in [6, 6.07) is 1.80. The average Bonchev–Trinajstić information content (AvgIpc) is 2.14. The van der Waals surface area contributed by atoms with Crippen LogP contribution in [-0.2, 0) is 0 Å². The topological polar surface area (TPSA) is 13.1 Å². The third-order valence-electron chi connectivity index (χ3n) is 0.725. The molecule has 0 saturated carbocycles. The maximum Gasteiger partial charge on any atom is 0.0980 e. The van der Waals surface area contributed by atoms with E-state index in [1.54, 1.807) is 18.6 Å². The first kappa shape index (κ1) is 4.19. The molecule has 7 heavy (non-hydrogen) atoms. The van der Waals surface area contributed by atoms with Crippen LogP contribution in [0.2, 0.25) is 0 Å². The van der Waals surface area contributed by atoms with E-state index in [0.717, 1.165) is 5.56 Å². The second kappa shape index (κ2) is 1.65. The van der Waals surface area contributed by atoms with Gasteiger partial charge in [0.15, 0.2) is 0 Å². The van der Waals surface area contributed by atoms with Crippen LogP contribution in [-0.4, -0.2) is 0 Å². The van der Waals surface area contributed by atoms with E-state index in [4.69, 9.17) is 4.42 Å². The Morgan fingerprint density at radius 3 is 2.86 bits per heavy atom. The Kier molecular flexibility index (Phi) is 0.984. The molecule has 0 aliphatic heterocycles. The normalized spacial score (nSPS) is 8.57. The predicted octanol–water partition coefficient (Wildman–Crippen LogP) is 1.62. The minimum absolute atomic E-state index is 0.903. The molecule has 0 aliphatic rings. The molecule has 1 heteroatoms. The van der Waals surface area contributed by atoms with Crippen LogP contribution in [0.4, 0.5) is 0 Å². The van der Waals surface area contributed by atoms with E-state index in [9.17, 15) is 0 Å². The van der Waals surface area contributed by atoms with Gasteiger partial charge < -0.3 is 4.42 Å². The van der Waals surface area contributed by atoms with Crippen LogP contribution >= 0.6 is 0 Å². The van der Waals surface area contributed by atoms with Gasteiger partial charge >= 0.3 is 0 Å². The van der Waals surface area contributed by atoms with E-state index < -0.39 is 0 Å². The summed E-state index contributed by atoms with van der Waals surface area (Å²) >= 11 is 0. The van der Waals surface area contributed by atoms with Gasteiger partial charge in [-0.05, 0) is 12.1 Å². The summed E-state index contributed by atoms with van der Waals surface area (Å²) < 4.78 is 4.70. The van der Waals surface area contributed by atoms with Crippen LogP contribution in [0.25, 0.3) is 0 Å². The minimum Gasteiger partial charge on any atom is -0.472 e. The molecule has 0 fully saturated rings. The summed E-state index contributed by atoms with van der Waals surface area (Å²) in [5.74, 6) is 0. The summed E-state index contributed by atoms with van der Waals surface area (Å²) in [6.07, 6.45) is 5.84. The summed E-state index contributed by atoms with van der Waals surface area (Å²) in [5.41, 5.74) is 0.903. The summed E-state index contributed by atoms with van der Waals surface area (Å²) in [6.45, 7) is 3.42. The van der Waals surface area contributed by atoms with E-state index in [2.05, 4.69) is 12.7 Å². The molecule has 0 amide bonds. The summed E-state index contributed by atoms with van der Waals surface area (Å²) in [4.78, 5) is 0. The molecule has 1 radical (unpaired) electrons. The predicted molar refractivity (Wildman–Crippen MR) is 26.7 cm³/mol. The monoisotopic (exact) mass is 93.0 g/mol. The van der Waals surface area contributed by atoms with Crippen molar-refractivity contribution in [1.82, 2.24) is 0 Å². The third kappa shape index (κ3) is 0.712. The SMILES string of the molecule is C=[C]c1ccoc1. The minimum atomic E-state index is 0.903. The molecule has 1 aromatic rings. The first-order valence-electron chi connectivity index (χ1n) is 1.99. The van der Waals surface area contributed by atoms with Crippen LogP contribution in [0.5, 0.6) is 0 Å². The van der Waals surface area contributed by atoms with Gasteiger partial charge in [0.25, 0.3) is 0 Å². The molecule has 0 aliphatic carbocycles. The maximum absolute atomic E-state index is 4.70. The molecule has 0 spiro atoms. The van der Waals surface area contributed by atoms with Crippen molar-refractivity contribution in [1.29, 1.82) is 0 Å². The second-order valence-corrected chi connectivity index (χ2v) is 1.19. The lowest BCUT2D eigenvalue weighted by molar-refractivity contribution is 0.566. The largest absolute Gasteiger partial charge is 0.472 e. The molecular weight excluding hydrogens is 88.1 g/mol. The van der Waals surface area contributed by atoms with Gasteiger partial charge in [-0.25, -0.2) is 0 Å². The quantitative estimate of drug-likeness (QED) is 0.514. The van der Waals surface area contributed by atoms with E-state index in [1.165, 1.54) is 0 Å². The van der Waals surface area contributed by atoms with Crippen LogP contribution in [0.1, 0.15) is 5.56 Å². The summed E-state index contributed by atoms with van der Waals surface area (Å²) in [5, 5.41) is 0. The standard InChI is InChI=1S/C6H5O/c1-2-6-3-4-7-5-6/h3-5H,1H2. The molecular formula is C6H5O. The highest BCUT2D eigenvalue weighted by molar-refractivity contribution is 5.12. The van der Waals surface area contributed by atoms with Crippen molar-refractivity contribution in [3.8, 4) is 0 Å². The number of hydrogen-bond acceptors (Lipinski definition) is 1. The van der Waals surface area contributed by atoms with Gasteiger partial charge in [0.1, 0.15) is 0 Å². The summed E-state index contributed by atoms with van der Waals surface area (Å²) in [7, 11) is 0. The van der Waals surface area contributed by atoms with Gasteiger partial charge in [-0.1, -0.05) is 6.58 Å². The first-order chi connectivity index (χ1) is 3.43. The Morgan fingerprint density at radius 2 is 2.57 bits per heavy atom. The maximum atomic E-state index is 4.70. The highest BCUT2D eigenvalue weighted by atomic mass is 16.3. The molecule has 0 N–H and O–H groups in total. The molecule has 1 rings (SSSR count). The molecule has 35 valence electrons. The van der Waals surface area contributed by atoms with Crippen molar-refractivity contribution in [2.75, 3.05) is 0 Å².